The molecule has 0 heterocycles. The summed E-state index contributed by atoms with van der Waals surface area (Å²) in [6, 6.07) is 0. The Kier molecular flexibility index (Phi) is 4.29. The Hall–Kier alpha value is -0.550. The quantitative estimate of drug-likeness (QED) is 0.374. The molecule has 0 aliphatic rings. The average molecular weight is 112 g/mol. The lowest BCUT2D eigenvalue weighted by molar-refractivity contribution is -0.490. The fourth-order valence-electron chi connectivity index (χ4n) is 0.620. The van der Waals surface area contributed by atoms with Crippen LogP contribution in [0, 0.1) is 0 Å². The molecule has 0 bridgehead atoms. The summed E-state index contributed by atoms with van der Waals surface area (Å²) in [5.41, 5.74) is 0. The Balaban J connectivity index is 3.62. The zero-order chi connectivity index (χ0) is 6.41. The summed E-state index contributed by atoms with van der Waals surface area (Å²) in [6.45, 7) is 5.24. The molecule has 0 rings (SSSR count). The van der Waals surface area contributed by atoms with Crippen molar-refractivity contribution >= 4 is 5.87 Å². The van der Waals surface area contributed by atoms with Crippen LogP contribution in [0.1, 0.15) is 20.3 Å². The monoisotopic (exact) mass is 112 g/mol. The highest BCUT2D eigenvalue weighted by atomic mass is 14.9. The first-order chi connectivity index (χ1) is 3.81. The molecule has 0 aromatic rings. The van der Waals surface area contributed by atoms with Crippen molar-refractivity contribution in [1.29, 1.82) is 0 Å². The van der Waals surface area contributed by atoms with E-state index in [-0.39, 0.29) is 0 Å². The first-order valence-corrected chi connectivity index (χ1v) is 3.06. The van der Waals surface area contributed by atoms with Gasteiger partial charge in [0.2, 0.25) is 0 Å². The zero-order valence-electron chi connectivity index (χ0n) is 5.94. The van der Waals surface area contributed by atoms with Crippen molar-refractivity contribution < 1.29 is 4.58 Å². The van der Waals surface area contributed by atoms with Gasteiger partial charge in [-0.1, -0.05) is 6.92 Å². The summed E-state index contributed by atoms with van der Waals surface area (Å²) in [4.78, 5) is 0. The van der Waals surface area contributed by atoms with E-state index in [0.717, 1.165) is 6.54 Å². The van der Waals surface area contributed by atoms with Crippen molar-refractivity contribution in [3.8, 4) is 0 Å². The van der Waals surface area contributed by atoms with Gasteiger partial charge in [0, 0.05) is 12.5 Å². The van der Waals surface area contributed by atoms with Crippen LogP contribution >= 0.6 is 0 Å². The van der Waals surface area contributed by atoms with Crippen LogP contribution in [0.15, 0.2) is 6.08 Å². The van der Waals surface area contributed by atoms with Crippen molar-refractivity contribution in [3.63, 3.8) is 0 Å². The van der Waals surface area contributed by atoms with Crippen LogP contribution in [0.25, 0.3) is 0 Å². The molecule has 8 heavy (non-hydrogen) atoms. The zero-order valence-corrected chi connectivity index (χ0v) is 5.94. The Morgan fingerprint density at radius 1 is 1.62 bits per heavy atom. The van der Waals surface area contributed by atoms with Crippen molar-refractivity contribution in [1.82, 2.24) is 0 Å². The first-order valence-electron chi connectivity index (χ1n) is 3.06. The van der Waals surface area contributed by atoms with Gasteiger partial charge >= 0.3 is 0 Å². The van der Waals surface area contributed by atoms with Crippen LogP contribution in [0.5, 0.6) is 0 Å². The maximum absolute atomic E-state index is 3.05. The molecule has 0 spiro atoms. The summed E-state index contributed by atoms with van der Waals surface area (Å²) < 4.78 is 2.06. The molecular formula is C7H14N+. The topological polar surface area (TPSA) is 3.01 Å². The van der Waals surface area contributed by atoms with Gasteiger partial charge in [-0.25, -0.2) is 0 Å². The van der Waals surface area contributed by atoms with E-state index in [2.05, 4.69) is 17.4 Å². The largest absolute Gasteiger partial charge is 0.191 e. The van der Waals surface area contributed by atoms with Crippen LogP contribution in [-0.4, -0.2) is 24.0 Å². The number of hydrogen-bond donors (Lipinski definition) is 0. The Bertz CT molecular complexity index is 108. The van der Waals surface area contributed by atoms with Gasteiger partial charge in [0.15, 0.2) is 12.4 Å². The third-order valence-corrected chi connectivity index (χ3v) is 0.909. The second-order valence-corrected chi connectivity index (χ2v) is 1.84. The fourth-order valence-corrected chi connectivity index (χ4v) is 0.620. The number of rotatable bonds is 2. The van der Waals surface area contributed by atoms with Crippen LogP contribution in [0.3, 0.4) is 0 Å². The molecule has 0 fully saturated rings. The SMILES string of the molecule is CC=C=[N+](C)CCC. The molecule has 0 aliphatic heterocycles. The molecule has 0 radical (unpaired) electrons. The van der Waals surface area contributed by atoms with Crippen molar-refractivity contribution in [2.45, 2.75) is 20.3 Å². The van der Waals surface area contributed by atoms with Gasteiger partial charge in [-0.2, -0.15) is 4.58 Å². The molecule has 0 saturated carbocycles. The van der Waals surface area contributed by atoms with Gasteiger partial charge in [-0.05, 0) is 6.92 Å². The lowest BCUT2D eigenvalue weighted by Gasteiger charge is -1.84. The number of hydrogen-bond acceptors (Lipinski definition) is 0. The van der Waals surface area contributed by atoms with Gasteiger partial charge in [-0.3, -0.25) is 0 Å². The van der Waals surface area contributed by atoms with Gasteiger partial charge in [0.25, 0.3) is 0 Å². The summed E-state index contributed by atoms with van der Waals surface area (Å²) in [7, 11) is 2.03. The van der Waals surface area contributed by atoms with Crippen LogP contribution in [-0.2, 0) is 0 Å². The highest BCUT2D eigenvalue weighted by Gasteiger charge is 1.85. The molecule has 0 amide bonds. The summed E-state index contributed by atoms with van der Waals surface area (Å²) >= 11 is 0. The molecule has 0 atom stereocenters. The Morgan fingerprint density at radius 3 is 2.62 bits per heavy atom. The molecule has 46 valence electrons. The maximum Gasteiger partial charge on any atom is 0.162 e. The molecule has 1 heteroatoms. The van der Waals surface area contributed by atoms with Crippen LogP contribution < -0.4 is 0 Å². The minimum Gasteiger partial charge on any atom is -0.191 e. The smallest absolute Gasteiger partial charge is 0.162 e. The number of nitrogens with zero attached hydrogens (tertiary/aromatic N) is 1. The predicted molar refractivity (Wildman–Crippen MR) is 36.6 cm³/mol. The molecule has 0 aromatic carbocycles. The molecular weight excluding hydrogens is 98.1 g/mol. The van der Waals surface area contributed by atoms with Gasteiger partial charge in [0.05, 0.1) is 0 Å². The summed E-state index contributed by atoms with van der Waals surface area (Å²) in [5, 5.41) is 0. The van der Waals surface area contributed by atoms with Gasteiger partial charge in [0.1, 0.15) is 7.05 Å². The van der Waals surface area contributed by atoms with Crippen molar-refractivity contribution in [2.75, 3.05) is 13.6 Å². The Labute approximate surface area is 51.3 Å². The molecule has 1 nitrogen and oxygen atoms in total. The molecule has 0 aliphatic carbocycles. The van der Waals surface area contributed by atoms with Crippen LogP contribution in [0.2, 0.25) is 0 Å². The molecule has 0 N–H and O–H groups in total. The fraction of sp³-hybridized carbons (Fsp3) is 0.714. The minimum absolute atomic E-state index is 1.10. The normalized spacial score (nSPS) is 7.88. The minimum atomic E-state index is 1.10. The van der Waals surface area contributed by atoms with Gasteiger partial charge in [-0.15, -0.1) is 0 Å². The summed E-state index contributed by atoms with van der Waals surface area (Å²) in [5.74, 6) is 3.05. The number of allylic oxidation sites excluding steroid dienone is 1. The van der Waals surface area contributed by atoms with E-state index in [0.29, 0.717) is 0 Å². The third-order valence-electron chi connectivity index (χ3n) is 0.909. The molecule has 0 aromatic heterocycles. The van der Waals surface area contributed by atoms with Crippen molar-refractivity contribution in [2.24, 2.45) is 0 Å². The highest BCUT2D eigenvalue weighted by Crippen LogP contribution is 1.72. The molecule has 0 unspecified atom stereocenters. The maximum atomic E-state index is 3.05. The second kappa shape index (κ2) is 4.61. The van der Waals surface area contributed by atoms with E-state index in [1.165, 1.54) is 6.42 Å². The summed E-state index contributed by atoms with van der Waals surface area (Å²) in [6.07, 6.45) is 3.12. The second-order valence-electron chi connectivity index (χ2n) is 1.84. The van der Waals surface area contributed by atoms with E-state index in [1.54, 1.807) is 0 Å². The average Bonchev–Trinajstić information content (AvgIpc) is 1.68. The Morgan fingerprint density at radius 2 is 2.25 bits per heavy atom. The van der Waals surface area contributed by atoms with E-state index in [1.807, 2.05) is 20.0 Å². The molecule has 0 saturated heterocycles. The lowest BCUT2D eigenvalue weighted by Crippen LogP contribution is -2.03. The van der Waals surface area contributed by atoms with Gasteiger partial charge < -0.3 is 0 Å². The van der Waals surface area contributed by atoms with E-state index >= 15 is 0 Å². The highest BCUT2D eigenvalue weighted by molar-refractivity contribution is 5.44. The van der Waals surface area contributed by atoms with Crippen molar-refractivity contribution in [3.05, 3.63) is 6.08 Å². The van der Waals surface area contributed by atoms with E-state index in [4.69, 9.17) is 0 Å². The lowest BCUT2D eigenvalue weighted by atomic mass is 10.5. The van der Waals surface area contributed by atoms with E-state index in [9.17, 15) is 0 Å². The predicted octanol–water partition coefficient (Wildman–Crippen LogP) is 1.28. The standard InChI is InChI=1S/C7H14N/c1-4-6-8(3)7-5-2/h4H,5,7H2,1-3H3/q+1. The van der Waals surface area contributed by atoms with E-state index < -0.39 is 0 Å². The first kappa shape index (κ1) is 7.45. The third kappa shape index (κ3) is 3.63. The van der Waals surface area contributed by atoms with Crippen LogP contribution in [0.4, 0.5) is 0 Å².